The van der Waals surface area contributed by atoms with Gasteiger partial charge in [0.2, 0.25) is 0 Å². The van der Waals surface area contributed by atoms with Gasteiger partial charge in [-0.05, 0) is 38.6 Å². The lowest BCUT2D eigenvalue weighted by Crippen LogP contribution is -2.43. The summed E-state index contributed by atoms with van der Waals surface area (Å²) in [6, 6.07) is 0. The fourth-order valence-corrected chi connectivity index (χ4v) is 2.82. The van der Waals surface area contributed by atoms with Crippen LogP contribution in [-0.4, -0.2) is 70.5 Å². The first-order chi connectivity index (χ1) is 11.3. The van der Waals surface area contributed by atoms with Crippen LogP contribution in [0.1, 0.15) is 32.6 Å². The molecule has 2 N–H and O–H groups in total. The van der Waals surface area contributed by atoms with E-state index in [0.29, 0.717) is 19.0 Å². The number of alkyl halides is 3. The molecule has 0 radical (unpaired) electrons. The number of ether oxygens (including phenoxy) is 1. The molecule has 0 aromatic rings. The van der Waals surface area contributed by atoms with Crippen molar-refractivity contribution in [3.05, 3.63) is 0 Å². The van der Waals surface area contributed by atoms with Crippen molar-refractivity contribution in [1.29, 1.82) is 0 Å². The molecule has 0 heterocycles. The van der Waals surface area contributed by atoms with Gasteiger partial charge in [-0.1, -0.05) is 6.42 Å². The van der Waals surface area contributed by atoms with Crippen molar-refractivity contribution in [2.45, 2.75) is 38.8 Å². The number of hydrogen-bond acceptors (Lipinski definition) is 3. The SMILES string of the molecule is CCNC(=NCC1(CCOC)CCC1)NCCN(C)CC(F)(F)F. The van der Waals surface area contributed by atoms with Gasteiger partial charge in [0.1, 0.15) is 0 Å². The zero-order valence-electron chi connectivity index (χ0n) is 15.0. The largest absolute Gasteiger partial charge is 0.401 e. The van der Waals surface area contributed by atoms with E-state index in [9.17, 15) is 13.2 Å². The highest BCUT2D eigenvalue weighted by Crippen LogP contribution is 2.44. The fourth-order valence-electron chi connectivity index (χ4n) is 2.82. The van der Waals surface area contributed by atoms with E-state index >= 15 is 0 Å². The summed E-state index contributed by atoms with van der Waals surface area (Å²) in [7, 11) is 3.17. The average Bonchev–Trinajstić information content (AvgIpc) is 2.43. The number of hydrogen-bond donors (Lipinski definition) is 2. The Bertz CT molecular complexity index is 384. The lowest BCUT2D eigenvalue weighted by molar-refractivity contribution is -0.142. The number of rotatable bonds is 10. The maximum absolute atomic E-state index is 12.3. The molecule has 0 spiro atoms. The lowest BCUT2D eigenvalue weighted by atomic mass is 9.67. The predicted octanol–water partition coefficient (Wildman–Crippen LogP) is 2.24. The lowest BCUT2D eigenvalue weighted by Gasteiger charge is -2.40. The van der Waals surface area contributed by atoms with Crippen LogP contribution < -0.4 is 10.6 Å². The molecule has 24 heavy (non-hydrogen) atoms. The Morgan fingerprint density at radius 2 is 2.00 bits per heavy atom. The number of nitrogens with zero attached hydrogens (tertiary/aromatic N) is 2. The zero-order valence-corrected chi connectivity index (χ0v) is 15.0. The molecule has 8 heteroatoms. The van der Waals surface area contributed by atoms with E-state index in [1.165, 1.54) is 18.4 Å². The van der Waals surface area contributed by atoms with Crippen LogP contribution >= 0.6 is 0 Å². The molecule has 0 saturated heterocycles. The van der Waals surface area contributed by atoms with Gasteiger partial charge in [-0.15, -0.1) is 0 Å². The van der Waals surface area contributed by atoms with E-state index in [2.05, 4.69) is 15.6 Å². The standard InChI is InChI=1S/C16H31F3N4O/c1-4-20-14(21-9-10-23(2)13-16(17,18)19)22-12-15(6-5-7-15)8-11-24-3/h4-13H2,1-3H3,(H2,20,21,22). The molecular weight excluding hydrogens is 321 g/mol. The number of nitrogens with one attached hydrogen (secondary N) is 2. The van der Waals surface area contributed by atoms with Gasteiger partial charge >= 0.3 is 6.18 Å². The quantitative estimate of drug-likeness (QED) is 0.468. The molecule has 0 unspecified atom stereocenters. The Morgan fingerprint density at radius 3 is 2.50 bits per heavy atom. The van der Waals surface area contributed by atoms with E-state index in [-0.39, 0.29) is 5.41 Å². The number of halogens is 3. The number of methoxy groups -OCH3 is 1. The van der Waals surface area contributed by atoms with Crippen molar-refractivity contribution in [3.8, 4) is 0 Å². The summed E-state index contributed by atoms with van der Waals surface area (Å²) >= 11 is 0. The van der Waals surface area contributed by atoms with Crippen LogP contribution in [0.5, 0.6) is 0 Å². The molecule has 1 aliphatic rings. The van der Waals surface area contributed by atoms with Gasteiger partial charge in [0.15, 0.2) is 5.96 Å². The molecule has 0 aromatic heterocycles. The Labute approximate surface area is 143 Å². The third kappa shape index (κ3) is 8.19. The van der Waals surface area contributed by atoms with Gasteiger partial charge in [0.05, 0.1) is 6.54 Å². The third-order valence-corrected chi connectivity index (χ3v) is 4.40. The first kappa shape index (κ1) is 21.0. The van der Waals surface area contributed by atoms with Crippen molar-refractivity contribution in [2.24, 2.45) is 10.4 Å². The van der Waals surface area contributed by atoms with E-state index < -0.39 is 12.7 Å². The first-order valence-corrected chi connectivity index (χ1v) is 8.57. The highest BCUT2D eigenvalue weighted by Gasteiger charge is 2.36. The monoisotopic (exact) mass is 352 g/mol. The summed E-state index contributed by atoms with van der Waals surface area (Å²) in [4.78, 5) is 5.88. The van der Waals surface area contributed by atoms with Crippen molar-refractivity contribution in [1.82, 2.24) is 15.5 Å². The van der Waals surface area contributed by atoms with E-state index in [1.54, 1.807) is 7.11 Å². The number of aliphatic imine (C=N–C) groups is 1. The van der Waals surface area contributed by atoms with E-state index in [4.69, 9.17) is 4.74 Å². The van der Waals surface area contributed by atoms with Crippen LogP contribution in [0.4, 0.5) is 13.2 Å². The Kier molecular flexibility index (Phi) is 8.83. The summed E-state index contributed by atoms with van der Waals surface area (Å²) in [5.74, 6) is 0.668. The second kappa shape index (κ2) is 10.1. The predicted molar refractivity (Wildman–Crippen MR) is 90.3 cm³/mol. The molecule has 142 valence electrons. The highest BCUT2D eigenvalue weighted by molar-refractivity contribution is 5.79. The Balaban J connectivity index is 2.42. The van der Waals surface area contributed by atoms with Gasteiger partial charge in [-0.2, -0.15) is 13.2 Å². The molecule has 1 fully saturated rings. The van der Waals surface area contributed by atoms with Crippen LogP contribution in [0.2, 0.25) is 0 Å². The van der Waals surface area contributed by atoms with Crippen molar-refractivity contribution in [3.63, 3.8) is 0 Å². The smallest absolute Gasteiger partial charge is 0.385 e. The highest BCUT2D eigenvalue weighted by atomic mass is 19.4. The van der Waals surface area contributed by atoms with Crippen LogP contribution in [-0.2, 0) is 4.74 Å². The molecule has 0 aromatic carbocycles. The van der Waals surface area contributed by atoms with Crippen LogP contribution in [0, 0.1) is 5.41 Å². The topological polar surface area (TPSA) is 48.9 Å². The minimum Gasteiger partial charge on any atom is -0.385 e. The molecular formula is C16H31F3N4O. The van der Waals surface area contributed by atoms with Gasteiger partial charge in [-0.25, -0.2) is 0 Å². The van der Waals surface area contributed by atoms with Crippen molar-refractivity contribution in [2.75, 3.05) is 53.5 Å². The summed E-state index contributed by atoms with van der Waals surface area (Å²) in [6.07, 6.45) is 0.388. The summed E-state index contributed by atoms with van der Waals surface area (Å²) in [6.45, 7) is 3.98. The summed E-state index contributed by atoms with van der Waals surface area (Å²) in [5, 5.41) is 6.26. The van der Waals surface area contributed by atoms with E-state index in [1.807, 2.05) is 6.92 Å². The van der Waals surface area contributed by atoms with Crippen LogP contribution in [0.3, 0.4) is 0 Å². The van der Waals surface area contributed by atoms with Gasteiger partial charge in [-0.3, -0.25) is 9.89 Å². The molecule has 0 amide bonds. The maximum Gasteiger partial charge on any atom is 0.401 e. The summed E-state index contributed by atoms with van der Waals surface area (Å²) < 4.78 is 42.1. The second-order valence-corrected chi connectivity index (χ2v) is 6.57. The van der Waals surface area contributed by atoms with Crippen molar-refractivity contribution < 1.29 is 17.9 Å². The minimum absolute atomic E-state index is 0.228. The molecule has 1 saturated carbocycles. The molecule has 0 atom stereocenters. The first-order valence-electron chi connectivity index (χ1n) is 8.57. The molecule has 1 aliphatic carbocycles. The normalized spacial score (nSPS) is 17.7. The maximum atomic E-state index is 12.3. The minimum atomic E-state index is -4.16. The summed E-state index contributed by atoms with van der Waals surface area (Å²) in [5.41, 5.74) is 0.228. The fraction of sp³-hybridized carbons (Fsp3) is 0.938. The van der Waals surface area contributed by atoms with Gasteiger partial charge in [0, 0.05) is 39.9 Å². The molecule has 0 bridgehead atoms. The van der Waals surface area contributed by atoms with Crippen LogP contribution in [0.15, 0.2) is 4.99 Å². The molecule has 5 nitrogen and oxygen atoms in total. The molecule has 0 aliphatic heterocycles. The van der Waals surface area contributed by atoms with Crippen LogP contribution in [0.25, 0.3) is 0 Å². The average molecular weight is 352 g/mol. The van der Waals surface area contributed by atoms with Gasteiger partial charge < -0.3 is 15.4 Å². The Morgan fingerprint density at radius 1 is 1.29 bits per heavy atom. The Hall–Kier alpha value is -1.02. The second-order valence-electron chi connectivity index (χ2n) is 6.57. The third-order valence-electron chi connectivity index (χ3n) is 4.40. The van der Waals surface area contributed by atoms with Crippen molar-refractivity contribution >= 4 is 5.96 Å². The van der Waals surface area contributed by atoms with E-state index in [0.717, 1.165) is 39.0 Å². The number of likely N-dealkylation sites (N-methyl/N-ethyl adjacent to an activating group) is 1. The van der Waals surface area contributed by atoms with Gasteiger partial charge in [0.25, 0.3) is 0 Å². The zero-order chi connectivity index (χ0) is 18.1. The number of guanidine groups is 1. The molecule has 1 rings (SSSR count).